The molecule has 1 aliphatic carbocycles. The van der Waals surface area contributed by atoms with Crippen LogP contribution in [0.5, 0.6) is 0 Å². The second kappa shape index (κ2) is 6.53. The molecule has 1 fully saturated rings. The molecular formula is C11H24N2O5S. The summed E-state index contributed by atoms with van der Waals surface area (Å²) in [6, 6.07) is 0. The minimum Gasteiger partial charge on any atom is -0.465 e. The number of amides is 1. The lowest BCUT2D eigenvalue weighted by Crippen LogP contribution is -2.39. The first-order valence-electron chi connectivity index (χ1n) is 5.96. The Morgan fingerprint density at radius 1 is 1.42 bits per heavy atom. The van der Waals surface area contributed by atoms with Gasteiger partial charge in [-0.3, -0.25) is 0 Å². The Bertz CT molecular complexity index is 396. The molecule has 1 aliphatic rings. The first kappa shape index (κ1) is 18.1. The van der Waals surface area contributed by atoms with Crippen molar-refractivity contribution >= 4 is 16.1 Å². The van der Waals surface area contributed by atoms with Gasteiger partial charge in [0.1, 0.15) is 0 Å². The minimum absolute atomic E-state index is 0.328. The Labute approximate surface area is 114 Å². The molecule has 0 unspecified atom stereocenters. The van der Waals surface area contributed by atoms with Gasteiger partial charge in [0.05, 0.1) is 4.75 Å². The van der Waals surface area contributed by atoms with Crippen LogP contribution >= 0.6 is 0 Å². The van der Waals surface area contributed by atoms with E-state index < -0.39 is 20.9 Å². The molecule has 0 aromatic heterocycles. The van der Waals surface area contributed by atoms with Crippen LogP contribution in [0.4, 0.5) is 4.79 Å². The van der Waals surface area contributed by atoms with E-state index >= 15 is 0 Å². The zero-order chi connectivity index (χ0) is 15.3. The smallest absolute Gasteiger partial charge is 0.405 e. The van der Waals surface area contributed by atoms with E-state index in [9.17, 15) is 13.2 Å². The van der Waals surface area contributed by atoms with Crippen molar-refractivity contribution in [1.82, 2.24) is 5.32 Å². The quantitative estimate of drug-likeness (QED) is 0.712. The monoisotopic (exact) mass is 296 g/mol. The summed E-state index contributed by atoms with van der Waals surface area (Å²) in [4.78, 5) is 9.90. The summed E-state index contributed by atoms with van der Waals surface area (Å²) in [5, 5.41) is 15.5. The number of nitrogens with one attached hydrogen (secondary N) is 1. The van der Waals surface area contributed by atoms with Crippen molar-refractivity contribution in [2.45, 2.75) is 50.3 Å². The van der Waals surface area contributed by atoms with E-state index in [1.165, 1.54) is 0 Å². The average molecular weight is 296 g/mol. The number of methoxy groups -OCH3 is 1. The maximum atomic E-state index is 10.9. The maximum Gasteiger partial charge on any atom is 0.405 e. The largest absolute Gasteiger partial charge is 0.465 e. The third-order valence-corrected chi connectivity index (χ3v) is 4.47. The number of primary sulfonamides is 1. The number of carbonyl (C=O) groups is 1. The van der Waals surface area contributed by atoms with Crippen molar-refractivity contribution < 1.29 is 23.1 Å². The van der Waals surface area contributed by atoms with E-state index in [4.69, 9.17) is 15.0 Å². The molecule has 1 saturated carbocycles. The summed E-state index contributed by atoms with van der Waals surface area (Å²) in [7, 11) is -1.79. The van der Waals surface area contributed by atoms with Gasteiger partial charge in [0.25, 0.3) is 0 Å². The van der Waals surface area contributed by atoms with E-state index in [2.05, 4.69) is 5.32 Å². The number of carboxylic acid groups (broad SMARTS) is 1. The van der Waals surface area contributed by atoms with Crippen molar-refractivity contribution in [3.05, 3.63) is 0 Å². The SMILES string of the molecule is CC(C)(C)NC(=O)O.COCCC1(S(N)(=O)=O)CC1. The fraction of sp³-hybridized carbons (Fsp3) is 0.909. The molecule has 0 bridgehead atoms. The Kier molecular flexibility index (Phi) is 6.24. The normalized spacial score (nSPS) is 17.1. The highest BCUT2D eigenvalue weighted by Crippen LogP contribution is 2.44. The van der Waals surface area contributed by atoms with Gasteiger partial charge in [-0.25, -0.2) is 18.4 Å². The molecule has 0 saturated heterocycles. The molecule has 0 aromatic carbocycles. The summed E-state index contributed by atoms with van der Waals surface area (Å²) in [5.74, 6) is 0. The summed E-state index contributed by atoms with van der Waals surface area (Å²) < 4.78 is 26.0. The predicted molar refractivity (Wildman–Crippen MR) is 72.5 cm³/mol. The molecule has 7 nitrogen and oxygen atoms in total. The van der Waals surface area contributed by atoms with Crippen molar-refractivity contribution in [2.75, 3.05) is 13.7 Å². The van der Waals surface area contributed by atoms with Crippen LogP contribution in [0.1, 0.15) is 40.0 Å². The number of hydrogen-bond donors (Lipinski definition) is 3. The average Bonchev–Trinajstić information content (AvgIpc) is 2.90. The Hall–Kier alpha value is -0.860. The van der Waals surface area contributed by atoms with Crippen LogP contribution in [0.25, 0.3) is 0 Å². The van der Waals surface area contributed by atoms with E-state index in [1.807, 2.05) is 0 Å². The van der Waals surface area contributed by atoms with Gasteiger partial charge in [-0.05, 0) is 40.0 Å². The van der Waals surface area contributed by atoms with Crippen molar-refractivity contribution in [2.24, 2.45) is 5.14 Å². The lowest BCUT2D eigenvalue weighted by Gasteiger charge is -2.16. The van der Waals surface area contributed by atoms with E-state index in [0.717, 1.165) is 0 Å². The second-order valence-corrected chi connectivity index (χ2v) is 7.61. The summed E-state index contributed by atoms with van der Waals surface area (Å²) in [5.41, 5.74) is -0.328. The number of nitrogens with two attached hydrogens (primary N) is 1. The first-order valence-corrected chi connectivity index (χ1v) is 7.50. The molecule has 8 heteroatoms. The number of ether oxygens (including phenoxy) is 1. The Balaban J connectivity index is 0.000000362. The van der Waals surface area contributed by atoms with Crippen LogP contribution in [0.15, 0.2) is 0 Å². The molecule has 1 amide bonds. The molecule has 0 spiro atoms. The Morgan fingerprint density at radius 3 is 2.05 bits per heavy atom. The standard InChI is InChI=1S/C6H13NO3S.C5H11NO2/c1-10-5-4-6(2-3-6)11(7,8)9;1-5(2,3)6-4(7)8/h2-5H2,1H3,(H2,7,8,9);6H,1-3H3,(H,7,8). The molecule has 114 valence electrons. The molecule has 0 radical (unpaired) electrons. The molecule has 0 heterocycles. The first-order chi connectivity index (χ1) is 8.43. The molecule has 0 aromatic rings. The molecule has 0 aliphatic heterocycles. The van der Waals surface area contributed by atoms with Gasteiger partial charge in [-0.1, -0.05) is 0 Å². The topological polar surface area (TPSA) is 119 Å². The fourth-order valence-electron chi connectivity index (χ4n) is 1.43. The van der Waals surface area contributed by atoms with Crippen LogP contribution < -0.4 is 10.5 Å². The minimum atomic E-state index is -3.34. The zero-order valence-corrected chi connectivity index (χ0v) is 12.7. The molecule has 1 rings (SSSR count). The van der Waals surface area contributed by atoms with E-state index in [0.29, 0.717) is 25.9 Å². The van der Waals surface area contributed by atoms with Gasteiger partial charge in [0.15, 0.2) is 0 Å². The van der Waals surface area contributed by atoms with Crippen molar-refractivity contribution in [3.8, 4) is 0 Å². The van der Waals surface area contributed by atoms with Crippen LogP contribution in [0, 0.1) is 0 Å². The van der Waals surface area contributed by atoms with Gasteiger partial charge >= 0.3 is 6.09 Å². The van der Waals surface area contributed by atoms with Gasteiger partial charge in [0, 0.05) is 19.3 Å². The number of hydrogen-bond acceptors (Lipinski definition) is 4. The lowest BCUT2D eigenvalue weighted by molar-refractivity contribution is 0.184. The van der Waals surface area contributed by atoms with Gasteiger partial charge in [0.2, 0.25) is 10.0 Å². The summed E-state index contributed by atoms with van der Waals surface area (Å²) in [6.45, 7) is 5.85. The van der Waals surface area contributed by atoms with Gasteiger partial charge < -0.3 is 15.2 Å². The highest BCUT2D eigenvalue weighted by molar-refractivity contribution is 7.90. The van der Waals surface area contributed by atoms with Crippen molar-refractivity contribution in [3.63, 3.8) is 0 Å². The van der Waals surface area contributed by atoms with E-state index in [1.54, 1.807) is 27.9 Å². The molecule has 19 heavy (non-hydrogen) atoms. The van der Waals surface area contributed by atoms with Crippen LogP contribution in [0.3, 0.4) is 0 Å². The molecule has 0 atom stereocenters. The zero-order valence-electron chi connectivity index (χ0n) is 11.9. The van der Waals surface area contributed by atoms with Gasteiger partial charge in [-0.15, -0.1) is 0 Å². The van der Waals surface area contributed by atoms with Crippen LogP contribution in [0.2, 0.25) is 0 Å². The second-order valence-electron chi connectivity index (χ2n) is 5.65. The number of rotatable bonds is 4. The predicted octanol–water partition coefficient (Wildman–Crippen LogP) is 0.897. The van der Waals surface area contributed by atoms with Gasteiger partial charge in [-0.2, -0.15) is 0 Å². The van der Waals surface area contributed by atoms with E-state index in [-0.39, 0.29) is 5.54 Å². The fourth-order valence-corrected chi connectivity index (χ4v) is 2.46. The third kappa shape index (κ3) is 7.34. The molecule has 4 N–H and O–H groups in total. The van der Waals surface area contributed by atoms with Crippen molar-refractivity contribution in [1.29, 1.82) is 0 Å². The third-order valence-electron chi connectivity index (χ3n) is 2.65. The summed E-state index contributed by atoms with van der Waals surface area (Å²) in [6.07, 6.45) is 0.935. The summed E-state index contributed by atoms with van der Waals surface area (Å²) >= 11 is 0. The highest BCUT2D eigenvalue weighted by atomic mass is 32.2. The van der Waals surface area contributed by atoms with Crippen LogP contribution in [-0.4, -0.2) is 43.6 Å². The lowest BCUT2D eigenvalue weighted by atomic mass is 10.1. The maximum absolute atomic E-state index is 10.9. The highest BCUT2D eigenvalue weighted by Gasteiger charge is 2.52. The molecular weight excluding hydrogens is 272 g/mol. The Morgan fingerprint density at radius 2 is 1.89 bits per heavy atom. The van der Waals surface area contributed by atoms with Crippen LogP contribution in [-0.2, 0) is 14.8 Å². The number of sulfonamides is 1.